The van der Waals surface area contributed by atoms with Crippen LogP contribution in [0.5, 0.6) is 0 Å². The van der Waals surface area contributed by atoms with Gasteiger partial charge in [-0.3, -0.25) is 0 Å². The van der Waals surface area contributed by atoms with Gasteiger partial charge < -0.3 is 0 Å². The van der Waals surface area contributed by atoms with Crippen LogP contribution in [0.15, 0.2) is 109 Å². The third kappa shape index (κ3) is 3.27. The standard InChI is InChI=1S/C27H20P/c1-4-11-21(12-5-1)25-18-10-13-22-19-20-26(27(22)25)28(23-14-6-2-7-15-23)24-16-8-3-9-17-24/h1-20H. The van der Waals surface area contributed by atoms with E-state index in [4.69, 9.17) is 0 Å². The summed E-state index contributed by atoms with van der Waals surface area (Å²) in [6.45, 7) is 0. The monoisotopic (exact) mass is 375 g/mol. The topological polar surface area (TPSA) is 0 Å². The normalized spacial score (nSPS) is 17.7. The van der Waals surface area contributed by atoms with Gasteiger partial charge in [0, 0.05) is 17.5 Å². The van der Waals surface area contributed by atoms with Gasteiger partial charge in [-0.25, -0.2) is 0 Å². The first-order chi connectivity index (χ1) is 13.9. The Balaban J connectivity index is 1.60. The Morgan fingerprint density at radius 3 is 1.75 bits per heavy atom. The molecule has 133 valence electrons. The molecule has 2 aliphatic rings. The molecule has 2 aliphatic carbocycles. The van der Waals surface area contributed by atoms with Gasteiger partial charge in [0.15, 0.2) is 0 Å². The van der Waals surface area contributed by atoms with Crippen LogP contribution >= 0.6 is 7.92 Å². The van der Waals surface area contributed by atoms with E-state index in [1.165, 1.54) is 39.2 Å². The molecule has 0 saturated heterocycles. The minimum Gasteiger partial charge on any atom is -0.0761 e. The largest absolute Gasteiger partial charge is 0.0761 e. The van der Waals surface area contributed by atoms with Crippen LogP contribution in [0.2, 0.25) is 0 Å². The molecule has 0 heterocycles. The molecule has 1 fully saturated rings. The first kappa shape index (κ1) is 17.7. The Labute approximate surface area is 169 Å². The lowest BCUT2D eigenvalue weighted by atomic mass is 9.81. The molecule has 1 saturated carbocycles. The van der Waals surface area contributed by atoms with Crippen LogP contribution in [-0.2, 0) is 0 Å². The van der Waals surface area contributed by atoms with Gasteiger partial charge in [-0.15, -0.1) is 0 Å². The summed E-state index contributed by atoms with van der Waals surface area (Å²) in [4.78, 5) is 0. The second kappa shape index (κ2) is 7.90. The van der Waals surface area contributed by atoms with Crippen LogP contribution in [0.25, 0.3) is 5.57 Å². The van der Waals surface area contributed by atoms with Gasteiger partial charge in [0.1, 0.15) is 0 Å². The van der Waals surface area contributed by atoms with Crippen LogP contribution in [0.3, 0.4) is 0 Å². The van der Waals surface area contributed by atoms with E-state index in [9.17, 15) is 0 Å². The third-order valence-corrected chi connectivity index (χ3v) is 7.61. The number of hydrogen-bond acceptors (Lipinski definition) is 0. The Morgan fingerprint density at radius 1 is 0.571 bits per heavy atom. The predicted octanol–water partition coefficient (Wildman–Crippen LogP) is 5.88. The van der Waals surface area contributed by atoms with Crippen molar-refractivity contribution in [1.29, 1.82) is 0 Å². The van der Waals surface area contributed by atoms with E-state index in [1.807, 2.05) is 0 Å². The predicted molar refractivity (Wildman–Crippen MR) is 121 cm³/mol. The molecule has 5 radical (unpaired) electrons. The van der Waals surface area contributed by atoms with Crippen molar-refractivity contribution in [2.45, 2.75) is 0 Å². The molecule has 0 N–H and O–H groups in total. The molecule has 5 rings (SSSR count). The molecule has 0 nitrogen and oxygen atoms in total. The van der Waals surface area contributed by atoms with Crippen LogP contribution in [0.4, 0.5) is 0 Å². The van der Waals surface area contributed by atoms with E-state index >= 15 is 0 Å². The van der Waals surface area contributed by atoms with Crippen molar-refractivity contribution in [3.63, 3.8) is 0 Å². The Kier molecular flexibility index (Phi) is 4.98. The van der Waals surface area contributed by atoms with Crippen molar-refractivity contribution in [2.24, 2.45) is 0 Å². The van der Waals surface area contributed by atoms with Gasteiger partial charge in [0.25, 0.3) is 0 Å². The highest BCUT2D eigenvalue weighted by Gasteiger charge is 2.45. The van der Waals surface area contributed by atoms with Crippen LogP contribution < -0.4 is 10.6 Å². The molecular weight excluding hydrogens is 355 g/mol. The number of rotatable bonds is 4. The lowest BCUT2D eigenvalue weighted by Crippen LogP contribution is -2.21. The van der Waals surface area contributed by atoms with Gasteiger partial charge >= 0.3 is 0 Å². The summed E-state index contributed by atoms with van der Waals surface area (Å²) < 4.78 is 0. The molecule has 3 aromatic carbocycles. The van der Waals surface area contributed by atoms with Gasteiger partial charge in [-0.1, -0.05) is 109 Å². The van der Waals surface area contributed by atoms with E-state index < -0.39 is 7.92 Å². The molecule has 0 unspecified atom stereocenters. The highest BCUT2D eigenvalue weighted by atomic mass is 31.1. The lowest BCUT2D eigenvalue weighted by Gasteiger charge is -2.33. The average molecular weight is 375 g/mol. The summed E-state index contributed by atoms with van der Waals surface area (Å²) in [5, 5.41) is 2.78. The smallest absolute Gasteiger partial charge is 0.0290 e. The van der Waals surface area contributed by atoms with Crippen molar-refractivity contribution in [3.8, 4) is 0 Å². The average Bonchev–Trinajstić information content (AvgIpc) is 3.20. The molecule has 0 aromatic heterocycles. The van der Waals surface area contributed by atoms with Crippen LogP contribution in [-0.4, -0.2) is 0 Å². The molecule has 3 aromatic rings. The summed E-state index contributed by atoms with van der Waals surface area (Å²) in [7, 11) is -0.615. The van der Waals surface area contributed by atoms with Crippen LogP contribution in [0.1, 0.15) is 5.56 Å². The highest BCUT2D eigenvalue weighted by Crippen LogP contribution is 2.63. The second-order valence-electron chi connectivity index (χ2n) is 6.86. The van der Waals surface area contributed by atoms with Gasteiger partial charge in [-0.05, 0) is 42.5 Å². The molecule has 0 bridgehead atoms. The van der Waals surface area contributed by atoms with E-state index in [1.54, 1.807) is 0 Å². The molecule has 1 heteroatoms. The van der Waals surface area contributed by atoms with E-state index in [2.05, 4.69) is 122 Å². The number of hydrogen-bond donors (Lipinski definition) is 0. The fraction of sp³-hybridized carbons (Fsp3) is 0. The third-order valence-electron chi connectivity index (χ3n) is 5.13. The lowest BCUT2D eigenvalue weighted by molar-refractivity contribution is 1.21. The molecule has 0 aliphatic heterocycles. The van der Waals surface area contributed by atoms with Crippen molar-refractivity contribution in [3.05, 3.63) is 145 Å². The maximum Gasteiger partial charge on any atom is 0.0290 e. The van der Waals surface area contributed by atoms with Crippen molar-refractivity contribution in [1.82, 2.24) is 0 Å². The van der Waals surface area contributed by atoms with Crippen molar-refractivity contribution in [2.75, 3.05) is 0 Å². The SMILES string of the molecule is [CH]1[CH][C](P(c2ccccc2)c2ccccc2)[C]2[C]1C=CC=C2c1ccccc1. The first-order valence-electron chi connectivity index (χ1n) is 9.56. The number of fused-ring (bicyclic) bond motifs is 1. The van der Waals surface area contributed by atoms with E-state index in [0.29, 0.717) is 0 Å². The maximum atomic E-state index is 2.34. The molecule has 0 spiro atoms. The van der Waals surface area contributed by atoms with Gasteiger partial charge in [0.05, 0.1) is 0 Å². The maximum absolute atomic E-state index is 2.34. The van der Waals surface area contributed by atoms with Gasteiger partial charge in [0.2, 0.25) is 0 Å². The summed E-state index contributed by atoms with van der Waals surface area (Å²) in [5.41, 5.74) is 4.02. The van der Waals surface area contributed by atoms with Gasteiger partial charge in [-0.2, -0.15) is 0 Å². The quantitative estimate of drug-likeness (QED) is 0.500. The van der Waals surface area contributed by atoms with Crippen molar-refractivity contribution >= 4 is 24.1 Å². The summed E-state index contributed by atoms with van der Waals surface area (Å²) in [6, 6.07) is 32.6. The zero-order valence-electron chi connectivity index (χ0n) is 15.5. The molecular formula is C27H20P. The number of benzene rings is 3. The Morgan fingerprint density at radius 2 is 1.14 bits per heavy atom. The Hall–Kier alpha value is -2.43. The molecule has 0 atom stereocenters. The summed E-state index contributed by atoms with van der Waals surface area (Å²) in [6.07, 6.45) is 11.3. The van der Waals surface area contributed by atoms with Crippen molar-refractivity contribution < 1.29 is 0 Å². The second-order valence-corrected chi connectivity index (χ2v) is 9.05. The minimum atomic E-state index is -0.615. The van der Waals surface area contributed by atoms with E-state index in [0.717, 1.165) is 0 Å². The fourth-order valence-electron chi connectivity index (χ4n) is 3.87. The summed E-state index contributed by atoms with van der Waals surface area (Å²) in [5.74, 6) is 2.70. The highest BCUT2D eigenvalue weighted by molar-refractivity contribution is 7.76. The minimum absolute atomic E-state index is 0.615. The Bertz CT molecular complexity index is 933. The molecule has 28 heavy (non-hydrogen) atoms. The first-order valence-corrected chi connectivity index (χ1v) is 10.9. The number of allylic oxidation sites excluding steroid dienone is 4. The zero-order valence-corrected chi connectivity index (χ0v) is 16.4. The summed E-state index contributed by atoms with van der Waals surface area (Å²) >= 11 is 0. The zero-order chi connectivity index (χ0) is 18.8. The van der Waals surface area contributed by atoms with E-state index in [-0.39, 0.29) is 0 Å². The van der Waals surface area contributed by atoms with Crippen LogP contribution in [0, 0.1) is 30.3 Å². The molecule has 0 amide bonds. The fourth-order valence-corrected chi connectivity index (χ4v) is 6.36.